The first-order chi connectivity index (χ1) is 13.1. The number of nitrogens with two attached hydrogens (primary N) is 1. The molecule has 28 heavy (non-hydrogen) atoms. The third-order valence-corrected chi connectivity index (χ3v) is 6.48. The van der Waals surface area contributed by atoms with Crippen molar-refractivity contribution in [3.8, 4) is 11.3 Å². The molecule has 148 valence electrons. The number of imidazole rings is 1. The number of hydrogen-bond acceptors (Lipinski definition) is 4. The maximum absolute atomic E-state index is 13.2. The normalized spacial score (nSPS) is 30.0. The summed E-state index contributed by atoms with van der Waals surface area (Å²) >= 11 is 0. The zero-order chi connectivity index (χ0) is 20.2. The predicted octanol–water partition coefficient (Wildman–Crippen LogP) is 2.86. The van der Waals surface area contributed by atoms with Crippen molar-refractivity contribution in [2.24, 2.45) is 11.8 Å². The summed E-state index contributed by atoms with van der Waals surface area (Å²) in [6.07, 6.45) is -1.43. The molecule has 6 rings (SSSR count). The number of amides is 1. The number of carbonyl (C=O) groups is 1. The molecule has 2 aliphatic carbocycles. The van der Waals surface area contributed by atoms with E-state index in [-0.39, 0.29) is 29.0 Å². The Balaban J connectivity index is 1.57. The maximum Gasteiger partial charge on any atom is 0.419 e. The molecule has 0 radical (unpaired) electrons. The molecule has 2 aromatic heterocycles. The van der Waals surface area contributed by atoms with Gasteiger partial charge in [-0.15, -0.1) is 0 Å². The summed E-state index contributed by atoms with van der Waals surface area (Å²) in [5.41, 5.74) is 5.07. The van der Waals surface area contributed by atoms with Gasteiger partial charge in [0.1, 0.15) is 11.6 Å². The molecule has 6 nitrogen and oxygen atoms in total. The van der Waals surface area contributed by atoms with E-state index in [1.807, 2.05) is 24.9 Å². The molecule has 4 aliphatic rings. The molecule has 9 heteroatoms. The molecule has 2 saturated heterocycles. The van der Waals surface area contributed by atoms with Crippen LogP contribution >= 0.6 is 0 Å². The smallest absolute Gasteiger partial charge is 0.383 e. The van der Waals surface area contributed by atoms with Crippen molar-refractivity contribution in [2.75, 3.05) is 12.3 Å². The van der Waals surface area contributed by atoms with Gasteiger partial charge in [0.05, 0.1) is 22.8 Å². The Labute approximate surface area is 159 Å². The van der Waals surface area contributed by atoms with Crippen molar-refractivity contribution >= 4 is 11.7 Å². The van der Waals surface area contributed by atoms with Gasteiger partial charge in [0.15, 0.2) is 0 Å². The van der Waals surface area contributed by atoms with Gasteiger partial charge in [0.25, 0.3) is 0 Å². The quantitative estimate of drug-likeness (QED) is 0.873. The number of rotatable bonds is 3. The molecule has 0 aromatic carbocycles. The molecule has 2 aromatic rings. The Morgan fingerprint density at radius 2 is 2.11 bits per heavy atom. The van der Waals surface area contributed by atoms with Crippen molar-refractivity contribution in [3.63, 3.8) is 0 Å². The lowest BCUT2D eigenvalue weighted by Crippen LogP contribution is -2.30. The van der Waals surface area contributed by atoms with Crippen LogP contribution in [0.4, 0.5) is 19.0 Å². The fraction of sp³-hybridized carbons (Fsp3) is 0.526. The third kappa shape index (κ3) is 2.02. The van der Waals surface area contributed by atoms with Gasteiger partial charge in [-0.1, -0.05) is 13.8 Å². The van der Waals surface area contributed by atoms with Crippen LogP contribution in [-0.2, 0) is 16.5 Å². The minimum absolute atomic E-state index is 0.0702. The Morgan fingerprint density at radius 1 is 1.39 bits per heavy atom. The van der Waals surface area contributed by atoms with E-state index in [2.05, 4.69) is 14.5 Å². The molecule has 2 bridgehead atoms. The molecular formula is C19H20F3N5O. The van der Waals surface area contributed by atoms with E-state index < -0.39 is 17.6 Å². The molecule has 2 saturated carbocycles. The van der Waals surface area contributed by atoms with Gasteiger partial charge >= 0.3 is 6.18 Å². The first kappa shape index (κ1) is 17.5. The Bertz CT molecular complexity index is 1010. The number of aromatic nitrogens is 3. The summed E-state index contributed by atoms with van der Waals surface area (Å²) in [6, 6.07) is 1.19. The molecule has 4 atom stereocenters. The summed E-state index contributed by atoms with van der Waals surface area (Å²) < 4.78 is 41.7. The van der Waals surface area contributed by atoms with E-state index in [9.17, 15) is 18.0 Å². The van der Waals surface area contributed by atoms with Crippen molar-refractivity contribution in [1.29, 1.82) is 0 Å². The van der Waals surface area contributed by atoms with Gasteiger partial charge in [0.2, 0.25) is 5.91 Å². The van der Waals surface area contributed by atoms with Crippen LogP contribution in [0.1, 0.15) is 38.1 Å². The molecule has 4 fully saturated rings. The minimum Gasteiger partial charge on any atom is -0.383 e. The molecule has 2 N–H and O–H groups in total. The molecule has 1 amide bonds. The van der Waals surface area contributed by atoms with E-state index in [4.69, 9.17) is 5.73 Å². The predicted molar refractivity (Wildman–Crippen MR) is 95.1 cm³/mol. The number of nitrogen functional groups attached to an aromatic ring is 1. The minimum atomic E-state index is -4.57. The number of pyridine rings is 1. The summed E-state index contributed by atoms with van der Waals surface area (Å²) in [4.78, 5) is 22.1. The van der Waals surface area contributed by atoms with Crippen LogP contribution in [0.2, 0.25) is 0 Å². The van der Waals surface area contributed by atoms with Gasteiger partial charge in [-0.3, -0.25) is 4.79 Å². The van der Waals surface area contributed by atoms with Crippen LogP contribution in [0.15, 0.2) is 18.5 Å². The fourth-order valence-corrected chi connectivity index (χ4v) is 5.15. The number of halogens is 3. The van der Waals surface area contributed by atoms with Gasteiger partial charge < -0.3 is 15.2 Å². The summed E-state index contributed by atoms with van der Waals surface area (Å²) in [6.45, 7) is 6.34. The number of fused-ring (bicyclic) bond motifs is 1. The average molecular weight is 391 g/mol. The van der Waals surface area contributed by atoms with Gasteiger partial charge in [-0.2, -0.15) is 13.2 Å². The number of alkyl halides is 3. The zero-order valence-electron chi connectivity index (χ0n) is 15.7. The average Bonchev–Trinajstić information content (AvgIpc) is 3.17. The number of hydrogen-bond donors (Lipinski definition) is 1. The van der Waals surface area contributed by atoms with Crippen LogP contribution in [0.25, 0.3) is 11.3 Å². The molecule has 2 aliphatic heterocycles. The largest absolute Gasteiger partial charge is 0.419 e. The van der Waals surface area contributed by atoms with Crippen LogP contribution in [0.5, 0.6) is 0 Å². The molecule has 0 spiro atoms. The number of carbonyl (C=O) groups excluding carboxylic acids is 1. The highest BCUT2D eigenvalue weighted by molar-refractivity contribution is 5.77. The molecular weight excluding hydrogens is 371 g/mol. The van der Waals surface area contributed by atoms with E-state index in [1.54, 1.807) is 6.92 Å². The van der Waals surface area contributed by atoms with E-state index in [0.29, 0.717) is 17.5 Å². The standard InChI is InChI=1S/C19H20F3N5O/c1-8(2)17-25-13(10-4-11(19(20,21)22)16(23)24-5-10)7-27(17)18-12-6-26(9(3)28)15(18)14(12)18/h4-5,7-8,12,14-15H,6H2,1-3H3,(H2,23,24)/t12-,14-,15?,18-/m1/s1. The van der Waals surface area contributed by atoms with Gasteiger partial charge in [-0.25, -0.2) is 9.97 Å². The third-order valence-electron chi connectivity index (χ3n) is 6.48. The second-order valence-corrected chi connectivity index (χ2v) is 8.30. The van der Waals surface area contributed by atoms with E-state index >= 15 is 0 Å². The van der Waals surface area contributed by atoms with Gasteiger partial charge in [0, 0.05) is 49.2 Å². The first-order valence-electron chi connectivity index (χ1n) is 9.28. The zero-order valence-corrected chi connectivity index (χ0v) is 15.7. The summed E-state index contributed by atoms with van der Waals surface area (Å²) in [7, 11) is 0. The topological polar surface area (TPSA) is 77.0 Å². The van der Waals surface area contributed by atoms with Crippen molar-refractivity contribution in [3.05, 3.63) is 29.8 Å². The SMILES string of the molecule is CC(=O)N1C[C@@H]2[C@@H]3C1[C@@]23n1cc(-c2cnc(N)c(C(F)(F)F)c2)nc1C(C)C. The maximum atomic E-state index is 13.2. The molecule has 1 unspecified atom stereocenters. The highest BCUT2D eigenvalue weighted by Crippen LogP contribution is 2.83. The lowest BCUT2D eigenvalue weighted by atomic mass is 10.1. The second-order valence-electron chi connectivity index (χ2n) is 8.30. The van der Waals surface area contributed by atoms with E-state index in [1.165, 1.54) is 6.20 Å². The van der Waals surface area contributed by atoms with E-state index in [0.717, 1.165) is 18.4 Å². The lowest BCUT2D eigenvalue weighted by Gasteiger charge is -2.17. The highest BCUT2D eigenvalue weighted by Gasteiger charge is 2.94. The van der Waals surface area contributed by atoms with Gasteiger partial charge in [-0.05, 0) is 6.07 Å². The van der Waals surface area contributed by atoms with Crippen LogP contribution in [0, 0.1) is 11.8 Å². The van der Waals surface area contributed by atoms with Crippen molar-refractivity contribution < 1.29 is 18.0 Å². The summed E-state index contributed by atoms with van der Waals surface area (Å²) in [5.74, 6) is 1.29. The number of anilines is 1. The number of piperidine rings is 1. The second kappa shape index (κ2) is 5.07. The van der Waals surface area contributed by atoms with Crippen molar-refractivity contribution in [1.82, 2.24) is 19.4 Å². The Kier molecular flexibility index (Phi) is 3.17. The Morgan fingerprint density at radius 3 is 2.64 bits per heavy atom. The lowest BCUT2D eigenvalue weighted by molar-refractivity contribution is -0.137. The highest BCUT2D eigenvalue weighted by atomic mass is 19.4. The van der Waals surface area contributed by atoms with Crippen LogP contribution in [-0.4, -0.2) is 37.9 Å². The summed E-state index contributed by atoms with van der Waals surface area (Å²) in [5, 5.41) is 0. The first-order valence-corrected chi connectivity index (χ1v) is 9.28. The monoisotopic (exact) mass is 391 g/mol. The molecule has 4 heterocycles. The van der Waals surface area contributed by atoms with Crippen LogP contribution in [0.3, 0.4) is 0 Å². The fourth-order valence-electron chi connectivity index (χ4n) is 5.15. The van der Waals surface area contributed by atoms with Crippen LogP contribution < -0.4 is 5.73 Å². The number of nitrogens with zero attached hydrogens (tertiary/aromatic N) is 4. The Hall–Kier alpha value is -2.58. The van der Waals surface area contributed by atoms with Crippen molar-refractivity contribution in [2.45, 2.75) is 44.4 Å².